The van der Waals surface area contributed by atoms with Crippen LogP contribution in [-0.4, -0.2) is 29.9 Å². The standard InChI is InChI=1S/C23H13BrClF10N3O2/c24-13-6-11(21(29,22(30,31)32)23(33,34)35)7-15(40-20(27)28)18(13)38-19(39)12-2-1-3-14(17(12)26)36-8-10-4-5-16(25)37-9-10/h1-7,9,20,36H,8H2,(H,38,39). The van der Waals surface area contributed by atoms with Crippen LogP contribution in [0.2, 0.25) is 5.15 Å². The molecule has 216 valence electrons. The van der Waals surface area contributed by atoms with Gasteiger partial charge < -0.3 is 15.4 Å². The number of rotatable bonds is 8. The molecule has 0 bridgehead atoms. The third-order valence-corrected chi connectivity index (χ3v) is 6.05. The van der Waals surface area contributed by atoms with E-state index < -0.39 is 63.4 Å². The molecule has 0 aliphatic heterocycles. The van der Waals surface area contributed by atoms with Crippen LogP contribution in [0.4, 0.5) is 55.3 Å². The second-order valence-corrected chi connectivity index (χ2v) is 9.07. The molecule has 0 fully saturated rings. The number of nitrogens with one attached hydrogen (secondary N) is 2. The first-order valence-corrected chi connectivity index (χ1v) is 11.7. The molecule has 0 atom stereocenters. The van der Waals surface area contributed by atoms with Gasteiger partial charge in [-0.05, 0) is 51.8 Å². The van der Waals surface area contributed by atoms with Gasteiger partial charge in [-0.1, -0.05) is 23.7 Å². The number of nitrogens with zero attached hydrogens (tertiary/aromatic N) is 1. The van der Waals surface area contributed by atoms with Crippen molar-refractivity contribution in [2.24, 2.45) is 0 Å². The number of ether oxygens (including phenoxy) is 1. The molecule has 2 aromatic carbocycles. The molecule has 3 aromatic rings. The molecule has 40 heavy (non-hydrogen) atoms. The number of pyridine rings is 1. The number of halogens is 12. The van der Waals surface area contributed by atoms with Gasteiger partial charge in [0.15, 0.2) is 11.6 Å². The van der Waals surface area contributed by atoms with Gasteiger partial charge in [-0.2, -0.15) is 35.1 Å². The van der Waals surface area contributed by atoms with Crippen LogP contribution in [-0.2, 0) is 12.2 Å². The molecule has 1 amide bonds. The van der Waals surface area contributed by atoms with Gasteiger partial charge in [0, 0.05) is 22.8 Å². The van der Waals surface area contributed by atoms with Gasteiger partial charge in [-0.3, -0.25) is 4.79 Å². The molecular formula is C23H13BrClF10N3O2. The minimum absolute atomic E-state index is 0.0228. The van der Waals surface area contributed by atoms with Crippen molar-refractivity contribution in [3.63, 3.8) is 0 Å². The highest BCUT2D eigenvalue weighted by molar-refractivity contribution is 9.10. The molecule has 3 rings (SSSR count). The Kier molecular flexibility index (Phi) is 9.13. The summed E-state index contributed by atoms with van der Waals surface area (Å²) in [6.07, 6.45) is -11.7. The highest BCUT2D eigenvalue weighted by Gasteiger charge is 2.73. The van der Waals surface area contributed by atoms with Gasteiger partial charge in [-0.15, -0.1) is 0 Å². The van der Waals surface area contributed by atoms with Crippen LogP contribution >= 0.6 is 27.5 Å². The summed E-state index contributed by atoms with van der Waals surface area (Å²) in [7, 11) is 0. The molecule has 0 saturated heterocycles. The Morgan fingerprint density at radius 2 is 1.68 bits per heavy atom. The molecule has 0 radical (unpaired) electrons. The maximum absolute atomic E-state index is 15.1. The Labute approximate surface area is 231 Å². The van der Waals surface area contributed by atoms with Gasteiger partial charge in [-0.25, -0.2) is 13.8 Å². The summed E-state index contributed by atoms with van der Waals surface area (Å²) in [6, 6.07) is 6.14. The third-order valence-electron chi connectivity index (χ3n) is 5.20. The first-order valence-electron chi connectivity index (χ1n) is 10.5. The molecule has 0 aliphatic carbocycles. The minimum atomic E-state index is -6.56. The lowest BCUT2D eigenvalue weighted by atomic mass is 9.93. The molecule has 1 aromatic heterocycles. The van der Waals surface area contributed by atoms with E-state index in [-0.39, 0.29) is 29.5 Å². The van der Waals surface area contributed by atoms with E-state index in [0.29, 0.717) is 5.56 Å². The lowest BCUT2D eigenvalue weighted by Crippen LogP contribution is -2.50. The molecular weight excluding hydrogens is 656 g/mol. The summed E-state index contributed by atoms with van der Waals surface area (Å²) in [5, 5.41) is 4.77. The van der Waals surface area contributed by atoms with Crippen LogP contribution < -0.4 is 15.4 Å². The highest BCUT2D eigenvalue weighted by Crippen LogP contribution is 2.55. The summed E-state index contributed by atoms with van der Waals surface area (Å²) >= 11 is 8.23. The fourth-order valence-electron chi connectivity index (χ4n) is 3.31. The van der Waals surface area contributed by atoms with Crippen molar-refractivity contribution in [2.45, 2.75) is 31.2 Å². The van der Waals surface area contributed by atoms with Crippen LogP contribution in [0.15, 0.2) is 53.1 Å². The van der Waals surface area contributed by atoms with Gasteiger partial charge in [0.05, 0.1) is 16.9 Å². The maximum Gasteiger partial charge on any atom is 0.435 e. The van der Waals surface area contributed by atoms with Crippen molar-refractivity contribution < 1.29 is 53.4 Å². The molecule has 17 heteroatoms. The third kappa shape index (κ3) is 6.54. The number of benzene rings is 2. The van der Waals surface area contributed by atoms with Crippen LogP contribution in [0.3, 0.4) is 0 Å². The Hall–Kier alpha value is -3.27. The predicted molar refractivity (Wildman–Crippen MR) is 127 cm³/mol. The molecule has 5 nitrogen and oxygen atoms in total. The van der Waals surface area contributed by atoms with Gasteiger partial charge >= 0.3 is 24.6 Å². The number of hydrogen-bond acceptors (Lipinski definition) is 4. The monoisotopic (exact) mass is 667 g/mol. The van der Waals surface area contributed by atoms with Crippen LogP contribution in [0.25, 0.3) is 0 Å². The molecule has 1 heterocycles. The topological polar surface area (TPSA) is 63.2 Å². The second kappa shape index (κ2) is 11.7. The van der Waals surface area contributed by atoms with E-state index in [4.69, 9.17) is 11.6 Å². The minimum Gasteiger partial charge on any atom is -0.433 e. The zero-order valence-electron chi connectivity index (χ0n) is 19.2. The van der Waals surface area contributed by atoms with E-state index in [9.17, 15) is 44.3 Å². The first-order chi connectivity index (χ1) is 18.5. The SMILES string of the molecule is O=C(Nc1c(Br)cc(C(F)(C(F)(F)F)C(F)(F)F)cc1OC(F)F)c1cccc(NCc2ccc(Cl)nc2)c1F. The Morgan fingerprint density at radius 3 is 2.23 bits per heavy atom. The normalized spacial score (nSPS) is 12.4. The van der Waals surface area contributed by atoms with E-state index in [1.165, 1.54) is 24.4 Å². The zero-order valence-corrected chi connectivity index (χ0v) is 21.5. The molecule has 2 N–H and O–H groups in total. The second-order valence-electron chi connectivity index (χ2n) is 7.83. The quantitative estimate of drug-likeness (QED) is 0.187. The lowest BCUT2D eigenvalue weighted by Gasteiger charge is -2.31. The summed E-state index contributed by atoms with van der Waals surface area (Å²) in [5.41, 5.74) is -9.43. The average molecular weight is 669 g/mol. The number of carbonyl (C=O) groups is 1. The van der Waals surface area contributed by atoms with E-state index in [1.807, 2.05) is 5.32 Å². The predicted octanol–water partition coefficient (Wildman–Crippen LogP) is 8.39. The summed E-state index contributed by atoms with van der Waals surface area (Å²) in [6.45, 7) is -3.80. The summed E-state index contributed by atoms with van der Waals surface area (Å²) < 4.78 is 138. The van der Waals surface area contributed by atoms with Crippen molar-refractivity contribution in [1.82, 2.24) is 4.98 Å². The Bertz CT molecular complexity index is 1370. The molecule has 0 spiro atoms. The number of amides is 1. The van der Waals surface area contributed by atoms with Crippen molar-refractivity contribution >= 4 is 44.8 Å². The average Bonchev–Trinajstić information content (AvgIpc) is 2.84. The Balaban J connectivity index is 1.98. The van der Waals surface area contributed by atoms with Crippen LogP contribution in [0.1, 0.15) is 21.5 Å². The van der Waals surface area contributed by atoms with Crippen molar-refractivity contribution in [3.8, 4) is 5.75 Å². The van der Waals surface area contributed by atoms with Gasteiger partial charge in [0.25, 0.3) is 5.91 Å². The summed E-state index contributed by atoms with van der Waals surface area (Å²) in [4.78, 5) is 16.6. The fourth-order valence-corrected chi connectivity index (χ4v) is 3.96. The smallest absolute Gasteiger partial charge is 0.433 e. The molecule has 0 unspecified atom stereocenters. The van der Waals surface area contributed by atoms with Gasteiger partial charge in [0.1, 0.15) is 5.15 Å². The number of carbonyl (C=O) groups excluding carboxylic acids is 1. The zero-order chi connectivity index (χ0) is 30.0. The van der Waals surface area contributed by atoms with E-state index in [2.05, 4.69) is 31.0 Å². The number of hydrogen-bond donors (Lipinski definition) is 2. The number of alkyl halides is 9. The van der Waals surface area contributed by atoms with E-state index in [1.54, 1.807) is 6.07 Å². The number of anilines is 2. The van der Waals surface area contributed by atoms with Crippen molar-refractivity contribution in [2.75, 3.05) is 10.6 Å². The molecule has 0 aliphatic rings. The maximum atomic E-state index is 15.1. The van der Waals surface area contributed by atoms with Crippen molar-refractivity contribution in [3.05, 3.63) is 80.8 Å². The van der Waals surface area contributed by atoms with Crippen LogP contribution in [0, 0.1) is 5.82 Å². The van der Waals surface area contributed by atoms with E-state index in [0.717, 1.165) is 6.07 Å². The largest absolute Gasteiger partial charge is 0.435 e. The summed E-state index contributed by atoms with van der Waals surface area (Å²) in [5.74, 6) is -3.98. The van der Waals surface area contributed by atoms with Crippen LogP contribution in [0.5, 0.6) is 5.75 Å². The Morgan fingerprint density at radius 1 is 1.02 bits per heavy atom. The van der Waals surface area contributed by atoms with Crippen molar-refractivity contribution in [1.29, 1.82) is 0 Å². The number of aromatic nitrogens is 1. The fraction of sp³-hybridized carbons (Fsp3) is 0.217. The molecule has 0 saturated carbocycles. The van der Waals surface area contributed by atoms with E-state index >= 15 is 4.39 Å². The van der Waals surface area contributed by atoms with Gasteiger partial charge in [0.2, 0.25) is 0 Å². The first kappa shape index (κ1) is 31.3. The lowest BCUT2D eigenvalue weighted by molar-refractivity contribution is -0.348. The highest BCUT2D eigenvalue weighted by atomic mass is 79.9.